The van der Waals surface area contributed by atoms with E-state index in [9.17, 15) is 5.11 Å². The molecule has 0 bridgehead atoms. The van der Waals surface area contributed by atoms with Gasteiger partial charge in [-0.2, -0.15) is 0 Å². The first-order valence-electron chi connectivity index (χ1n) is 4.49. The highest BCUT2D eigenvalue weighted by atomic mass is 16.3. The van der Waals surface area contributed by atoms with Gasteiger partial charge in [0.1, 0.15) is 5.60 Å². The topological polar surface area (TPSA) is 40.5 Å². The third kappa shape index (κ3) is 4.38. The molecule has 1 saturated carbocycles. The highest BCUT2D eigenvalue weighted by Crippen LogP contribution is 2.26. The average Bonchev–Trinajstić information content (AvgIpc) is 2.07. The van der Waals surface area contributed by atoms with Crippen LogP contribution in [0.25, 0.3) is 0 Å². The van der Waals surface area contributed by atoms with Crippen molar-refractivity contribution in [1.82, 2.24) is 0 Å². The molecule has 0 aromatic carbocycles. The first-order valence-corrected chi connectivity index (χ1v) is 4.49. The predicted molar refractivity (Wildman–Crippen MR) is 49.6 cm³/mol. The summed E-state index contributed by atoms with van der Waals surface area (Å²) in [5, 5.41) is 17.0. The van der Waals surface area contributed by atoms with Gasteiger partial charge in [0.25, 0.3) is 0 Å². The predicted octanol–water partition coefficient (Wildman–Crippen LogP) is 1.31. The number of terminal acetylenes is 1. The summed E-state index contributed by atoms with van der Waals surface area (Å²) < 4.78 is 0. The van der Waals surface area contributed by atoms with E-state index in [0.717, 1.165) is 25.7 Å². The van der Waals surface area contributed by atoms with Crippen molar-refractivity contribution in [3.63, 3.8) is 0 Å². The molecule has 1 fully saturated rings. The average molecular weight is 170 g/mol. The Morgan fingerprint density at radius 1 is 1.33 bits per heavy atom. The van der Waals surface area contributed by atoms with E-state index < -0.39 is 5.60 Å². The molecule has 0 spiro atoms. The fourth-order valence-electron chi connectivity index (χ4n) is 1.28. The summed E-state index contributed by atoms with van der Waals surface area (Å²) in [5.74, 6) is 2.44. The molecule has 0 aromatic heterocycles. The fraction of sp³-hybridized carbons (Fsp3) is 0.800. The van der Waals surface area contributed by atoms with Crippen molar-refractivity contribution in [3.05, 3.63) is 0 Å². The van der Waals surface area contributed by atoms with Gasteiger partial charge >= 0.3 is 0 Å². The van der Waals surface area contributed by atoms with E-state index in [0.29, 0.717) is 0 Å². The molecule has 0 heterocycles. The summed E-state index contributed by atoms with van der Waals surface area (Å²) in [6.07, 6.45) is 10.1. The van der Waals surface area contributed by atoms with Gasteiger partial charge in [0.2, 0.25) is 0 Å². The van der Waals surface area contributed by atoms with Crippen LogP contribution in [-0.2, 0) is 0 Å². The van der Waals surface area contributed by atoms with Gasteiger partial charge in [0.15, 0.2) is 0 Å². The smallest absolute Gasteiger partial charge is 0.125 e. The number of hydrogen-bond donors (Lipinski definition) is 2. The summed E-state index contributed by atoms with van der Waals surface area (Å²) in [6, 6.07) is 0. The first kappa shape index (κ1) is 11.5. The van der Waals surface area contributed by atoms with E-state index >= 15 is 0 Å². The zero-order chi connectivity index (χ0) is 9.45. The van der Waals surface area contributed by atoms with Gasteiger partial charge in [-0.25, -0.2) is 0 Å². The minimum absolute atomic E-state index is 0.250. The third-order valence-electron chi connectivity index (χ3n) is 1.95. The SMILES string of the molecule is C#CC1(O)CCCCC1.CCO. The number of hydrogen-bond acceptors (Lipinski definition) is 2. The van der Waals surface area contributed by atoms with Crippen LogP contribution in [0, 0.1) is 12.3 Å². The second-order valence-corrected chi connectivity index (χ2v) is 3.05. The molecule has 0 atom stereocenters. The Morgan fingerprint density at radius 2 is 1.75 bits per heavy atom. The molecule has 0 radical (unpaired) electrons. The van der Waals surface area contributed by atoms with Gasteiger partial charge in [-0.3, -0.25) is 0 Å². The van der Waals surface area contributed by atoms with Crippen molar-refractivity contribution in [3.8, 4) is 12.3 Å². The molecule has 2 heteroatoms. The standard InChI is InChI=1S/C8H12O.C2H6O/c1-2-8(9)6-4-3-5-7-8;1-2-3/h1,9H,3-7H2;3H,2H2,1H3. The van der Waals surface area contributed by atoms with Gasteiger partial charge in [0, 0.05) is 6.61 Å². The molecule has 0 unspecified atom stereocenters. The molecule has 0 aliphatic heterocycles. The second kappa shape index (κ2) is 6.05. The summed E-state index contributed by atoms with van der Waals surface area (Å²) >= 11 is 0. The van der Waals surface area contributed by atoms with Crippen LogP contribution in [0.5, 0.6) is 0 Å². The van der Waals surface area contributed by atoms with E-state index in [1.807, 2.05) is 0 Å². The third-order valence-corrected chi connectivity index (χ3v) is 1.95. The summed E-state index contributed by atoms with van der Waals surface area (Å²) in [5.41, 5.74) is -0.752. The molecule has 0 aromatic rings. The highest BCUT2D eigenvalue weighted by Gasteiger charge is 2.25. The maximum atomic E-state index is 9.44. The van der Waals surface area contributed by atoms with Gasteiger partial charge in [-0.05, 0) is 32.6 Å². The Balaban J connectivity index is 0.000000354. The van der Waals surface area contributed by atoms with E-state index in [-0.39, 0.29) is 6.61 Å². The lowest BCUT2D eigenvalue weighted by atomic mass is 9.86. The summed E-state index contributed by atoms with van der Waals surface area (Å²) in [6.45, 7) is 1.93. The van der Waals surface area contributed by atoms with Crippen LogP contribution < -0.4 is 0 Å². The molecular weight excluding hydrogens is 152 g/mol. The van der Waals surface area contributed by atoms with Crippen LogP contribution in [0.3, 0.4) is 0 Å². The summed E-state index contributed by atoms with van der Waals surface area (Å²) in [4.78, 5) is 0. The Kier molecular flexibility index (Phi) is 5.79. The number of aliphatic hydroxyl groups excluding tert-OH is 1. The molecule has 0 saturated heterocycles. The van der Waals surface area contributed by atoms with Crippen LogP contribution in [0.2, 0.25) is 0 Å². The van der Waals surface area contributed by atoms with Crippen molar-refractivity contribution in [2.24, 2.45) is 0 Å². The molecule has 2 N–H and O–H groups in total. The van der Waals surface area contributed by atoms with Crippen molar-refractivity contribution in [2.45, 2.75) is 44.6 Å². The van der Waals surface area contributed by atoms with Crippen molar-refractivity contribution in [2.75, 3.05) is 6.61 Å². The van der Waals surface area contributed by atoms with Gasteiger partial charge in [-0.15, -0.1) is 6.42 Å². The quantitative estimate of drug-likeness (QED) is 0.538. The van der Waals surface area contributed by atoms with Gasteiger partial charge in [0.05, 0.1) is 0 Å². The summed E-state index contributed by atoms with van der Waals surface area (Å²) in [7, 11) is 0. The Hall–Kier alpha value is -0.520. The molecular formula is C10H18O2. The molecule has 1 aliphatic carbocycles. The van der Waals surface area contributed by atoms with Crippen molar-refractivity contribution >= 4 is 0 Å². The van der Waals surface area contributed by atoms with E-state index in [4.69, 9.17) is 11.5 Å². The van der Waals surface area contributed by atoms with Gasteiger partial charge < -0.3 is 10.2 Å². The molecule has 2 nitrogen and oxygen atoms in total. The lowest BCUT2D eigenvalue weighted by Crippen LogP contribution is -2.28. The van der Waals surface area contributed by atoms with E-state index in [1.165, 1.54) is 6.42 Å². The molecule has 12 heavy (non-hydrogen) atoms. The van der Waals surface area contributed by atoms with E-state index in [2.05, 4.69) is 5.92 Å². The minimum Gasteiger partial charge on any atom is -0.397 e. The molecule has 1 aliphatic rings. The van der Waals surface area contributed by atoms with Crippen molar-refractivity contribution in [1.29, 1.82) is 0 Å². The highest BCUT2D eigenvalue weighted by molar-refractivity contribution is 5.07. The maximum absolute atomic E-state index is 9.44. The first-order chi connectivity index (χ1) is 5.68. The Bertz CT molecular complexity index is 140. The largest absolute Gasteiger partial charge is 0.397 e. The fourth-order valence-corrected chi connectivity index (χ4v) is 1.28. The Labute approximate surface area is 74.6 Å². The monoisotopic (exact) mass is 170 g/mol. The number of rotatable bonds is 0. The van der Waals surface area contributed by atoms with Crippen LogP contribution in [0.4, 0.5) is 0 Å². The van der Waals surface area contributed by atoms with Crippen LogP contribution in [0.15, 0.2) is 0 Å². The zero-order valence-corrected chi connectivity index (χ0v) is 7.71. The van der Waals surface area contributed by atoms with Crippen LogP contribution in [0.1, 0.15) is 39.0 Å². The maximum Gasteiger partial charge on any atom is 0.125 e. The second-order valence-electron chi connectivity index (χ2n) is 3.05. The van der Waals surface area contributed by atoms with Crippen LogP contribution >= 0.6 is 0 Å². The van der Waals surface area contributed by atoms with Gasteiger partial charge in [-0.1, -0.05) is 12.3 Å². The Morgan fingerprint density at radius 3 is 2.00 bits per heavy atom. The lowest BCUT2D eigenvalue weighted by Gasteiger charge is -2.26. The van der Waals surface area contributed by atoms with E-state index in [1.54, 1.807) is 6.92 Å². The molecule has 0 amide bonds. The van der Waals surface area contributed by atoms with Crippen LogP contribution in [-0.4, -0.2) is 22.4 Å². The molecule has 70 valence electrons. The molecule has 1 rings (SSSR count). The zero-order valence-electron chi connectivity index (χ0n) is 7.71. The normalized spacial score (nSPS) is 20.2. The lowest BCUT2D eigenvalue weighted by molar-refractivity contribution is 0.0612. The number of aliphatic hydroxyl groups is 2. The van der Waals surface area contributed by atoms with Crippen molar-refractivity contribution < 1.29 is 10.2 Å². The minimum atomic E-state index is -0.752.